The minimum absolute atomic E-state index is 0.227. The molecule has 142 valence electrons. The van der Waals surface area contributed by atoms with E-state index >= 15 is 0 Å². The number of thiophene rings is 1. The molecule has 2 aromatic carbocycles. The Bertz CT molecular complexity index is 1010. The van der Waals surface area contributed by atoms with Crippen molar-refractivity contribution >= 4 is 34.7 Å². The van der Waals surface area contributed by atoms with E-state index in [1.165, 1.54) is 11.3 Å². The third-order valence-corrected chi connectivity index (χ3v) is 5.06. The van der Waals surface area contributed by atoms with E-state index in [9.17, 15) is 14.4 Å². The quantitative estimate of drug-likeness (QED) is 0.488. The van der Waals surface area contributed by atoms with Gasteiger partial charge in [-0.2, -0.15) is 0 Å². The van der Waals surface area contributed by atoms with Crippen LogP contribution in [-0.2, 0) is 4.74 Å². The van der Waals surface area contributed by atoms with E-state index in [0.717, 1.165) is 9.75 Å². The van der Waals surface area contributed by atoms with Gasteiger partial charge in [0, 0.05) is 26.6 Å². The van der Waals surface area contributed by atoms with Crippen molar-refractivity contribution in [3.05, 3.63) is 87.1 Å². The summed E-state index contributed by atoms with van der Waals surface area (Å²) < 4.78 is 5.14. The smallest absolute Gasteiger partial charge is 0.339 e. The summed E-state index contributed by atoms with van der Waals surface area (Å²) in [6.45, 7) is 3.43. The normalized spacial score (nSPS) is 10.4. The molecule has 28 heavy (non-hydrogen) atoms. The maximum Gasteiger partial charge on any atom is 0.339 e. The molecule has 0 fully saturated rings. The van der Waals surface area contributed by atoms with Crippen molar-refractivity contribution in [3.8, 4) is 0 Å². The van der Waals surface area contributed by atoms with Crippen molar-refractivity contribution in [1.82, 2.24) is 0 Å². The van der Waals surface area contributed by atoms with E-state index in [1.807, 2.05) is 19.9 Å². The number of carbonyl (C=O) groups is 3. The van der Waals surface area contributed by atoms with Crippen LogP contribution in [0.3, 0.4) is 0 Å². The topological polar surface area (TPSA) is 72.5 Å². The summed E-state index contributed by atoms with van der Waals surface area (Å²) in [5.41, 5.74) is 2.03. The molecule has 1 heterocycles. The number of carbonyl (C=O) groups excluding carboxylic acids is 3. The molecule has 3 aromatic rings. The lowest BCUT2D eigenvalue weighted by Crippen LogP contribution is -2.15. The molecular formula is C22H19NO4S. The first-order valence-electron chi connectivity index (χ1n) is 8.68. The van der Waals surface area contributed by atoms with Crippen molar-refractivity contribution in [2.75, 3.05) is 11.9 Å². The van der Waals surface area contributed by atoms with Crippen molar-refractivity contribution in [2.45, 2.75) is 13.8 Å². The second-order valence-electron chi connectivity index (χ2n) is 6.22. The van der Waals surface area contributed by atoms with Gasteiger partial charge in [-0.25, -0.2) is 4.79 Å². The highest BCUT2D eigenvalue weighted by Gasteiger charge is 2.16. The monoisotopic (exact) mass is 393 g/mol. The number of esters is 1. The number of aryl methyl sites for hydroxylation is 2. The Kier molecular flexibility index (Phi) is 6.01. The molecule has 0 unspecified atom stereocenters. The van der Waals surface area contributed by atoms with Crippen LogP contribution in [0.5, 0.6) is 0 Å². The van der Waals surface area contributed by atoms with Crippen molar-refractivity contribution in [3.63, 3.8) is 0 Å². The van der Waals surface area contributed by atoms with Gasteiger partial charge >= 0.3 is 5.97 Å². The van der Waals surface area contributed by atoms with Gasteiger partial charge in [0.2, 0.25) is 0 Å². The molecule has 1 N–H and O–H groups in total. The highest BCUT2D eigenvalue weighted by molar-refractivity contribution is 7.12. The van der Waals surface area contributed by atoms with Crippen LogP contribution in [0, 0.1) is 13.8 Å². The van der Waals surface area contributed by atoms with Gasteiger partial charge in [-0.3, -0.25) is 9.59 Å². The Morgan fingerprint density at radius 1 is 0.929 bits per heavy atom. The molecule has 0 saturated carbocycles. The standard InChI is InChI=1S/C22H19NO4S/c1-14-12-19(15(2)28-14)22(26)27-13-20(24)16-8-10-18(11-9-16)23-21(25)17-6-4-3-5-7-17/h3-12H,13H2,1-2H3,(H,23,25). The Morgan fingerprint density at radius 2 is 1.61 bits per heavy atom. The fraction of sp³-hybridized carbons (Fsp3) is 0.136. The summed E-state index contributed by atoms with van der Waals surface area (Å²) >= 11 is 1.51. The van der Waals surface area contributed by atoms with Crippen LogP contribution in [-0.4, -0.2) is 24.3 Å². The molecule has 0 aliphatic carbocycles. The molecule has 0 saturated heterocycles. The van der Waals surface area contributed by atoms with E-state index in [4.69, 9.17) is 4.74 Å². The first-order valence-corrected chi connectivity index (χ1v) is 9.49. The van der Waals surface area contributed by atoms with Crippen LogP contribution in [0.4, 0.5) is 5.69 Å². The number of Topliss-reactive ketones (excluding diaryl/α,β-unsaturated/α-hetero) is 1. The van der Waals surface area contributed by atoms with Gasteiger partial charge in [-0.15, -0.1) is 11.3 Å². The van der Waals surface area contributed by atoms with Gasteiger partial charge in [0.1, 0.15) is 0 Å². The highest BCUT2D eigenvalue weighted by atomic mass is 32.1. The summed E-state index contributed by atoms with van der Waals surface area (Å²) in [4.78, 5) is 38.4. The zero-order chi connectivity index (χ0) is 20.1. The Labute approximate surface area is 167 Å². The number of hydrogen-bond donors (Lipinski definition) is 1. The van der Waals surface area contributed by atoms with Gasteiger partial charge < -0.3 is 10.1 Å². The van der Waals surface area contributed by atoms with Crippen LogP contribution in [0.1, 0.15) is 40.8 Å². The van der Waals surface area contributed by atoms with E-state index in [2.05, 4.69) is 5.32 Å². The van der Waals surface area contributed by atoms with Gasteiger partial charge in [0.15, 0.2) is 12.4 Å². The van der Waals surface area contributed by atoms with E-state index in [0.29, 0.717) is 22.4 Å². The van der Waals surface area contributed by atoms with E-state index in [1.54, 1.807) is 54.6 Å². The molecule has 0 bridgehead atoms. The first-order chi connectivity index (χ1) is 13.4. The van der Waals surface area contributed by atoms with Crippen LogP contribution in [0.15, 0.2) is 60.7 Å². The van der Waals surface area contributed by atoms with Crippen LogP contribution in [0.25, 0.3) is 0 Å². The van der Waals surface area contributed by atoms with Crippen LogP contribution in [0.2, 0.25) is 0 Å². The minimum atomic E-state index is -0.498. The molecule has 6 heteroatoms. The Morgan fingerprint density at radius 3 is 2.21 bits per heavy atom. The SMILES string of the molecule is Cc1cc(C(=O)OCC(=O)c2ccc(NC(=O)c3ccccc3)cc2)c(C)s1. The van der Waals surface area contributed by atoms with Gasteiger partial charge in [-0.1, -0.05) is 18.2 Å². The predicted octanol–water partition coefficient (Wildman–Crippen LogP) is 4.66. The van der Waals surface area contributed by atoms with Crippen molar-refractivity contribution in [1.29, 1.82) is 0 Å². The van der Waals surface area contributed by atoms with Gasteiger partial charge in [0.25, 0.3) is 5.91 Å². The molecule has 1 aromatic heterocycles. The Hall–Kier alpha value is -3.25. The molecule has 0 aliphatic heterocycles. The zero-order valence-electron chi connectivity index (χ0n) is 15.5. The maximum atomic E-state index is 12.3. The molecule has 3 rings (SSSR count). The number of rotatable bonds is 6. The lowest BCUT2D eigenvalue weighted by molar-refractivity contribution is 0.0474. The van der Waals surface area contributed by atoms with Gasteiger partial charge in [0.05, 0.1) is 5.56 Å². The number of ether oxygens (including phenoxy) is 1. The van der Waals surface area contributed by atoms with Crippen molar-refractivity contribution < 1.29 is 19.1 Å². The summed E-state index contributed by atoms with van der Waals surface area (Å²) in [5, 5.41) is 2.77. The van der Waals surface area contributed by atoms with Crippen molar-refractivity contribution in [2.24, 2.45) is 0 Å². The number of ketones is 1. The number of amides is 1. The molecule has 5 nitrogen and oxygen atoms in total. The number of hydrogen-bond acceptors (Lipinski definition) is 5. The number of anilines is 1. The third-order valence-electron chi connectivity index (χ3n) is 4.10. The summed E-state index contributed by atoms with van der Waals surface area (Å²) in [7, 11) is 0. The summed E-state index contributed by atoms with van der Waals surface area (Å²) in [6.07, 6.45) is 0. The summed E-state index contributed by atoms with van der Waals surface area (Å²) in [5.74, 6) is -1.03. The number of benzene rings is 2. The average Bonchev–Trinajstić information content (AvgIpc) is 3.05. The fourth-order valence-corrected chi connectivity index (χ4v) is 3.57. The molecule has 0 aliphatic rings. The second-order valence-corrected chi connectivity index (χ2v) is 7.68. The average molecular weight is 393 g/mol. The van der Waals surface area contributed by atoms with Gasteiger partial charge in [-0.05, 0) is 56.3 Å². The molecular weight excluding hydrogens is 374 g/mol. The van der Waals surface area contributed by atoms with Crippen LogP contribution >= 0.6 is 11.3 Å². The van der Waals surface area contributed by atoms with Crippen LogP contribution < -0.4 is 5.32 Å². The molecule has 1 amide bonds. The van der Waals surface area contributed by atoms with E-state index in [-0.39, 0.29) is 18.3 Å². The molecule has 0 spiro atoms. The molecule has 0 atom stereocenters. The fourth-order valence-electron chi connectivity index (χ4n) is 2.66. The first kappa shape index (κ1) is 19.5. The molecule has 0 radical (unpaired) electrons. The minimum Gasteiger partial charge on any atom is -0.454 e. The maximum absolute atomic E-state index is 12.3. The summed E-state index contributed by atoms with van der Waals surface area (Å²) in [6, 6.07) is 17.1. The zero-order valence-corrected chi connectivity index (χ0v) is 16.3. The largest absolute Gasteiger partial charge is 0.454 e. The predicted molar refractivity (Wildman–Crippen MR) is 109 cm³/mol. The lowest BCUT2D eigenvalue weighted by Gasteiger charge is -2.07. The third kappa shape index (κ3) is 4.72. The number of nitrogens with one attached hydrogen (secondary N) is 1. The Balaban J connectivity index is 1.57. The van der Waals surface area contributed by atoms with E-state index < -0.39 is 5.97 Å². The lowest BCUT2D eigenvalue weighted by atomic mass is 10.1. The highest BCUT2D eigenvalue weighted by Crippen LogP contribution is 2.21. The second kappa shape index (κ2) is 8.63.